The third-order valence-electron chi connectivity index (χ3n) is 5.04. The van der Waals surface area contributed by atoms with Gasteiger partial charge in [-0.25, -0.2) is 0 Å². The number of rotatable bonds is 1. The minimum atomic E-state index is 0.412. The first-order chi connectivity index (χ1) is 9.74. The van der Waals surface area contributed by atoms with E-state index in [4.69, 9.17) is 17.0 Å². The molecule has 1 aliphatic carbocycles. The van der Waals surface area contributed by atoms with Crippen LogP contribution in [0.2, 0.25) is 0 Å². The van der Waals surface area contributed by atoms with Crippen molar-refractivity contribution in [3.63, 3.8) is 0 Å². The molecule has 0 spiro atoms. The summed E-state index contributed by atoms with van der Waals surface area (Å²) in [5.41, 5.74) is 0. The Morgan fingerprint density at radius 1 is 1.10 bits per heavy atom. The van der Waals surface area contributed by atoms with E-state index in [0.29, 0.717) is 18.2 Å². The molecule has 0 aromatic carbocycles. The van der Waals surface area contributed by atoms with E-state index in [2.05, 4.69) is 22.2 Å². The average molecular weight is 297 g/mol. The van der Waals surface area contributed by atoms with E-state index in [0.717, 1.165) is 18.3 Å². The van der Waals surface area contributed by atoms with Crippen molar-refractivity contribution in [1.29, 1.82) is 0 Å². The Morgan fingerprint density at radius 2 is 1.85 bits per heavy atom. The highest BCUT2D eigenvalue weighted by atomic mass is 32.1. The summed E-state index contributed by atoms with van der Waals surface area (Å²) in [6.07, 6.45) is 7.89. The number of hydrogen-bond donors (Lipinski definition) is 1. The van der Waals surface area contributed by atoms with Gasteiger partial charge in [-0.05, 0) is 58.0 Å². The molecule has 5 heteroatoms. The molecule has 0 bridgehead atoms. The van der Waals surface area contributed by atoms with E-state index >= 15 is 0 Å². The molecule has 4 nitrogen and oxygen atoms in total. The standard InChI is InChI=1S/C15H27N3OS/c1-17-8-6-12(7-9-17)16-15(20)18-10-11-19-14-5-3-2-4-13(14)18/h12-14H,2-11H2,1H3,(H,16,20)/t13-,14+/m1/s1. The molecule has 0 aromatic rings. The highest BCUT2D eigenvalue weighted by Gasteiger charge is 2.35. The molecule has 2 heterocycles. The molecule has 0 unspecified atom stereocenters. The number of fused-ring (bicyclic) bond motifs is 1. The summed E-state index contributed by atoms with van der Waals surface area (Å²) >= 11 is 5.70. The second-order valence-corrected chi connectivity index (χ2v) is 6.87. The van der Waals surface area contributed by atoms with Crippen molar-refractivity contribution < 1.29 is 4.74 Å². The predicted octanol–water partition coefficient (Wildman–Crippen LogP) is 1.60. The van der Waals surface area contributed by atoms with E-state index < -0.39 is 0 Å². The van der Waals surface area contributed by atoms with Crippen LogP contribution >= 0.6 is 12.2 Å². The van der Waals surface area contributed by atoms with Gasteiger partial charge in [0.2, 0.25) is 0 Å². The van der Waals surface area contributed by atoms with Gasteiger partial charge in [0.25, 0.3) is 0 Å². The van der Waals surface area contributed by atoms with Crippen LogP contribution in [0.5, 0.6) is 0 Å². The molecule has 3 fully saturated rings. The first-order valence-corrected chi connectivity index (χ1v) is 8.52. The number of piperidine rings is 1. The second kappa shape index (κ2) is 6.58. The summed E-state index contributed by atoms with van der Waals surface area (Å²) in [4.78, 5) is 4.81. The van der Waals surface area contributed by atoms with Crippen molar-refractivity contribution in [2.45, 2.75) is 56.7 Å². The van der Waals surface area contributed by atoms with Crippen molar-refractivity contribution in [2.24, 2.45) is 0 Å². The van der Waals surface area contributed by atoms with Gasteiger partial charge in [0.1, 0.15) is 0 Å². The molecule has 2 aliphatic heterocycles. The Morgan fingerprint density at radius 3 is 2.65 bits per heavy atom. The molecule has 3 rings (SSSR count). The molecule has 114 valence electrons. The van der Waals surface area contributed by atoms with Gasteiger partial charge in [0.15, 0.2) is 5.11 Å². The van der Waals surface area contributed by atoms with Crippen LogP contribution < -0.4 is 5.32 Å². The monoisotopic (exact) mass is 297 g/mol. The van der Waals surface area contributed by atoms with E-state index in [1.54, 1.807) is 0 Å². The third-order valence-corrected chi connectivity index (χ3v) is 5.39. The summed E-state index contributed by atoms with van der Waals surface area (Å²) in [7, 11) is 2.20. The van der Waals surface area contributed by atoms with E-state index in [-0.39, 0.29) is 0 Å². The topological polar surface area (TPSA) is 27.7 Å². The molecule has 0 amide bonds. The lowest BCUT2D eigenvalue weighted by Gasteiger charge is -2.45. The highest BCUT2D eigenvalue weighted by molar-refractivity contribution is 7.80. The molecule has 0 radical (unpaired) electrons. The van der Waals surface area contributed by atoms with Crippen molar-refractivity contribution in [3.05, 3.63) is 0 Å². The fraction of sp³-hybridized carbons (Fsp3) is 0.933. The summed E-state index contributed by atoms with van der Waals surface area (Å²) in [6, 6.07) is 1.08. The van der Waals surface area contributed by atoms with E-state index in [1.807, 2.05) is 0 Å². The number of ether oxygens (including phenoxy) is 1. The normalized spacial score (nSPS) is 32.8. The Balaban J connectivity index is 1.55. The SMILES string of the molecule is CN1CCC(NC(=S)N2CCO[C@H]3CCCC[C@H]32)CC1. The number of likely N-dealkylation sites (tertiary alicyclic amines) is 1. The lowest BCUT2D eigenvalue weighted by molar-refractivity contribution is -0.0641. The minimum absolute atomic E-state index is 0.412. The maximum atomic E-state index is 5.93. The average Bonchev–Trinajstić information content (AvgIpc) is 2.49. The smallest absolute Gasteiger partial charge is 0.169 e. The molecule has 2 saturated heterocycles. The molecule has 1 saturated carbocycles. The van der Waals surface area contributed by atoms with Gasteiger partial charge < -0.3 is 19.9 Å². The van der Waals surface area contributed by atoms with Crippen molar-refractivity contribution >= 4 is 17.3 Å². The number of thiocarbonyl (C=S) groups is 1. The van der Waals surface area contributed by atoms with Crippen LogP contribution in [0.4, 0.5) is 0 Å². The van der Waals surface area contributed by atoms with Crippen molar-refractivity contribution in [2.75, 3.05) is 33.3 Å². The van der Waals surface area contributed by atoms with Crippen LogP contribution in [0.15, 0.2) is 0 Å². The molecule has 0 aromatic heterocycles. The van der Waals surface area contributed by atoms with Gasteiger partial charge in [0.05, 0.1) is 18.8 Å². The highest BCUT2D eigenvalue weighted by Crippen LogP contribution is 2.28. The van der Waals surface area contributed by atoms with Crippen LogP contribution in [0.25, 0.3) is 0 Å². The fourth-order valence-electron chi connectivity index (χ4n) is 3.76. The Bertz CT molecular complexity index is 342. The maximum absolute atomic E-state index is 5.93. The van der Waals surface area contributed by atoms with E-state index in [9.17, 15) is 0 Å². The fourth-order valence-corrected chi connectivity index (χ4v) is 4.15. The lowest BCUT2D eigenvalue weighted by atomic mass is 9.90. The minimum Gasteiger partial charge on any atom is -0.374 e. The second-order valence-electron chi connectivity index (χ2n) is 6.48. The molecule has 20 heavy (non-hydrogen) atoms. The molecule has 2 atom stereocenters. The van der Waals surface area contributed by atoms with Crippen LogP contribution in [-0.2, 0) is 4.74 Å². The quantitative estimate of drug-likeness (QED) is 0.742. The summed E-state index contributed by atoms with van der Waals surface area (Å²) in [5.74, 6) is 0. The van der Waals surface area contributed by atoms with Crippen molar-refractivity contribution in [3.8, 4) is 0 Å². The summed E-state index contributed by atoms with van der Waals surface area (Å²) < 4.78 is 5.93. The first-order valence-electron chi connectivity index (χ1n) is 8.11. The van der Waals surface area contributed by atoms with Crippen LogP contribution in [-0.4, -0.2) is 66.4 Å². The van der Waals surface area contributed by atoms with Crippen LogP contribution in [0, 0.1) is 0 Å². The number of nitrogens with one attached hydrogen (secondary N) is 1. The molecule has 1 N–H and O–H groups in total. The Labute approximate surface area is 127 Å². The first kappa shape index (κ1) is 14.5. The van der Waals surface area contributed by atoms with Gasteiger partial charge in [-0.15, -0.1) is 0 Å². The van der Waals surface area contributed by atoms with Crippen LogP contribution in [0.1, 0.15) is 38.5 Å². The van der Waals surface area contributed by atoms with Crippen molar-refractivity contribution in [1.82, 2.24) is 15.1 Å². The van der Waals surface area contributed by atoms with Crippen LogP contribution in [0.3, 0.4) is 0 Å². The van der Waals surface area contributed by atoms with Gasteiger partial charge in [-0.1, -0.05) is 12.8 Å². The Kier molecular flexibility index (Phi) is 4.79. The zero-order valence-corrected chi connectivity index (χ0v) is 13.3. The third kappa shape index (κ3) is 3.26. The number of nitrogens with zero attached hydrogens (tertiary/aromatic N) is 2. The van der Waals surface area contributed by atoms with E-state index in [1.165, 1.54) is 51.6 Å². The van der Waals surface area contributed by atoms with Gasteiger partial charge in [0, 0.05) is 12.6 Å². The van der Waals surface area contributed by atoms with Gasteiger partial charge in [-0.3, -0.25) is 0 Å². The Hall–Kier alpha value is -0.390. The largest absolute Gasteiger partial charge is 0.374 e. The summed E-state index contributed by atoms with van der Waals surface area (Å²) in [6.45, 7) is 4.14. The van der Waals surface area contributed by atoms with Gasteiger partial charge >= 0.3 is 0 Å². The lowest BCUT2D eigenvalue weighted by Crippen LogP contribution is -2.59. The number of hydrogen-bond acceptors (Lipinski definition) is 3. The number of morpholine rings is 1. The maximum Gasteiger partial charge on any atom is 0.169 e. The molecule has 3 aliphatic rings. The molecular weight excluding hydrogens is 270 g/mol. The predicted molar refractivity (Wildman–Crippen MR) is 85.0 cm³/mol. The summed E-state index contributed by atoms with van der Waals surface area (Å²) in [5, 5.41) is 4.59. The van der Waals surface area contributed by atoms with Gasteiger partial charge in [-0.2, -0.15) is 0 Å². The molecular formula is C15H27N3OS. The zero-order chi connectivity index (χ0) is 13.9. The zero-order valence-electron chi connectivity index (χ0n) is 12.5.